The molecule has 2 amide bonds. The molecule has 1 atom stereocenters. The largest absolute Gasteiger partial charge is 0.444 e. The van der Waals surface area contributed by atoms with Crippen molar-refractivity contribution in [3.8, 4) is 5.75 Å². The minimum absolute atomic E-state index is 0.0320. The molecule has 1 heterocycles. The zero-order chi connectivity index (χ0) is 40.4. The summed E-state index contributed by atoms with van der Waals surface area (Å²) in [5.74, 6) is -0.449. The van der Waals surface area contributed by atoms with E-state index in [1.807, 2.05) is 41.9 Å². The fraction of sp³-hybridized carbons (Fsp3) is 0.366. The number of rotatable bonds is 7. The Bertz CT molecular complexity index is 1990. The number of guanidine groups is 1. The van der Waals surface area contributed by atoms with Gasteiger partial charge < -0.3 is 18.8 Å². The van der Waals surface area contributed by atoms with Gasteiger partial charge in [0.1, 0.15) is 17.0 Å². The number of nitrogens with one attached hydrogen (secondary N) is 2. The van der Waals surface area contributed by atoms with Gasteiger partial charge in [-0.05, 0) is 101 Å². The van der Waals surface area contributed by atoms with Gasteiger partial charge in [-0.15, -0.1) is 0 Å². The number of aromatic nitrogens is 1. The number of Topliss-reactive ketones (excluding diaryl/α,β-unsaturated/α-hetero) is 1. The summed E-state index contributed by atoms with van der Waals surface area (Å²) in [4.78, 5) is 72.2. The van der Waals surface area contributed by atoms with Gasteiger partial charge in [-0.3, -0.25) is 15.4 Å². The molecule has 13 heteroatoms. The van der Waals surface area contributed by atoms with E-state index in [9.17, 15) is 19.2 Å². The van der Waals surface area contributed by atoms with Gasteiger partial charge in [0.25, 0.3) is 0 Å². The third-order valence-electron chi connectivity index (χ3n) is 7.73. The monoisotopic (exact) mass is 740 g/mol. The van der Waals surface area contributed by atoms with Crippen molar-refractivity contribution in [2.24, 2.45) is 17.5 Å². The lowest BCUT2D eigenvalue weighted by Crippen LogP contribution is -2.47. The summed E-state index contributed by atoms with van der Waals surface area (Å²) in [5.41, 5.74) is 1.33. The number of ketones is 1. The predicted molar refractivity (Wildman–Crippen MR) is 203 cm³/mol. The van der Waals surface area contributed by atoms with Crippen LogP contribution in [-0.4, -0.2) is 51.8 Å². The van der Waals surface area contributed by atoms with Crippen molar-refractivity contribution in [2.75, 3.05) is 0 Å². The second-order valence-corrected chi connectivity index (χ2v) is 15.5. The molecule has 54 heavy (non-hydrogen) atoms. The Labute approximate surface area is 315 Å². The molecule has 1 aromatic heterocycles. The molecule has 0 saturated carbocycles. The average molecular weight is 741 g/mol. The second kappa shape index (κ2) is 17.6. The van der Waals surface area contributed by atoms with E-state index in [1.165, 1.54) is 24.3 Å². The van der Waals surface area contributed by atoms with Gasteiger partial charge in [0, 0.05) is 24.9 Å². The maximum atomic E-state index is 13.7. The van der Waals surface area contributed by atoms with Gasteiger partial charge in [0.15, 0.2) is 5.78 Å². The second-order valence-electron chi connectivity index (χ2n) is 15.5. The smallest absolute Gasteiger partial charge is 0.414 e. The number of ether oxygens (including phenoxy) is 3. The first-order chi connectivity index (χ1) is 25.1. The molecule has 0 saturated heterocycles. The Morgan fingerprint density at radius 2 is 1.30 bits per heavy atom. The summed E-state index contributed by atoms with van der Waals surface area (Å²) in [6, 6.07) is 23.3. The fourth-order valence-electron chi connectivity index (χ4n) is 5.40. The molecule has 0 unspecified atom stereocenters. The molecule has 4 aromatic rings. The van der Waals surface area contributed by atoms with Gasteiger partial charge in [-0.2, -0.15) is 9.59 Å². The van der Waals surface area contributed by atoms with Crippen LogP contribution in [0.2, 0.25) is 0 Å². The average Bonchev–Trinajstić information content (AvgIpc) is 3.37. The molecule has 286 valence electrons. The van der Waals surface area contributed by atoms with Gasteiger partial charge in [0.05, 0.1) is 22.5 Å². The van der Waals surface area contributed by atoms with Gasteiger partial charge >= 0.3 is 24.3 Å². The number of esters is 1. The van der Waals surface area contributed by atoms with Crippen molar-refractivity contribution in [3.63, 3.8) is 0 Å². The van der Waals surface area contributed by atoms with Crippen molar-refractivity contribution in [1.82, 2.24) is 15.2 Å². The topological polar surface area (TPSA) is 171 Å². The molecule has 0 bridgehead atoms. The maximum Gasteiger partial charge on any atom is 0.414 e. The summed E-state index contributed by atoms with van der Waals surface area (Å²) >= 11 is 0. The van der Waals surface area contributed by atoms with Crippen LogP contribution in [0, 0.1) is 5.41 Å². The van der Waals surface area contributed by atoms with Gasteiger partial charge in [0.2, 0.25) is 5.96 Å². The molecule has 0 aliphatic heterocycles. The Hall–Kier alpha value is -6.07. The normalized spacial score (nSPS) is 11.9. The minimum Gasteiger partial charge on any atom is -0.444 e. The summed E-state index contributed by atoms with van der Waals surface area (Å²) in [6.07, 6.45) is -1.05. The number of nitrogens with zero attached hydrogens (tertiary/aromatic N) is 2. The number of carbonyl (C=O) groups excluding carboxylic acids is 6. The number of aryl methyl sites for hydroxylation is 1. The van der Waals surface area contributed by atoms with Crippen LogP contribution in [0.1, 0.15) is 101 Å². The van der Waals surface area contributed by atoms with Crippen LogP contribution in [-0.2, 0) is 26.1 Å². The predicted octanol–water partition coefficient (Wildman–Crippen LogP) is 8.25. The zero-order valence-corrected chi connectivity index (χ0v) is 32.4. The van der Waals surface area contributed by atoms with Crippen LogP contribution in [0.25, 0.3) is 10.9 Å². The lowest BCUT2D eigenvalue weighted by Gasteiger charge is -2.31. The molecule has 0 fully saturated rings. The van der Waals surface area contributed by atoms with Crippen LogP contribution in [0.3, 0.4) is 0 Å². The van der Waals surface area contributed by atoms with E-state index in [4.69, 9.17) is 23.8 Å². The van der Waals surface area contributed by atoms with Crippen LogP contribution in [0.4, 0.5) is 15.3 Å². The standard InChI is InChI=1S/C40H48N4O7.CO2/c1-38(2,3)30(25-14-12-11-13-15-25)24-33(45)32-22-27-18-21-29(23-31(27)44(32)10)49-34(46)26-16-19-28(20-17-26)41-35(42-36(47)50-39(4,5)6)43-37(48)51-40(7,8)9;2-1-3/h11-23,30H,24H2,1-10H3,(H2,41,42,43,47,48);/t30-;/m0./s1. The SMILES string of the molecule is Cn1c(C(=O)C[C@@H](c2ccccc2)C(C)(C)C)cc2ccc(OC(=O)c3ccc(N=C(NC(=O)OC(C)(C)C)NC(=O)OC(C)(C)C)cc3)cc21.O=C=O. The number of fused-ring (bicyclic) bond motifs is 1. The van der Waals surface area contributed by atoms with E-state index in [1.54, 1.807) is 53.7 Å². The molecule has 4 rings (SSSR count). The molecular weight excluding hydrogens is 692 g/mol. The van der Waals surface area contributed by atoms with E-state index in [2.05, 4.69) is 48.5 Å². The van der Waals surface area contributed by atoms with E-state index < -0.39 is 29.4 Å². The van der Waals surface area contributed by atoms with E-state index in [-0.39, 0.29) is 34.8 Å². The summed E-state index contributed by atoms with van der Waals surface area (Å²) < 4.78 is 18.1. The summed E-state index contributed by atoms with van der Waals surface area (Å²) in [5, 5.41) is 5.70. The number of alkyl carbamates (subject to hydrolysis) is 2. The van der Waals surface area contributed by atoms with Crippen LogP contribution in [0.15, 0.2) is 83.9 Å². The van der Waals surface area contributed by atoms with Crippen molar-refractivity contribution in [1.29, 1.82) is 0 Å². The number of hydrogen-bond acceptors (Lipinski definition) is 10. The maximum absolute atomic E-state index is 13.7. The van der Waals surface area contributed by atoms with Gasteiger partial charge in [-0.1, -0.05) is 51.1 Å². The molecule has 13 nitrogen and oxygen atoms in total. The van der Waals surface area contributed by atoms with Crippen molar-refractivity contribution < 1.29 is 43.0 Å². The molecule has 2 N–H and O–H groups in total. The Kier molecular flexibility index (Phi) is 13.8. The Morgan fingerprint density at radius 1 is 0.759 bits per heavy atom. The Balaban J connectivity index is 0.00000253. The van der Waals surface area contributed by atoms with Crippen LogP contribution >= 0.6 is 0 Å². The highest BCUT2D eigenvalue weighted by Crippen LogP contribution is 2.39. The lowest BCUT2D eigenvalue weighted by atomic mass is 9.73. The van der Waals surface area contributed by atoms with Gasteiger partial charge in [-0.25, -0.2) is 19.4 Å². The van der Waals surface area contributed by atoms with Crippen molar-refractivity contribution in [2.45, 2.75) is 85.9 Å². The first kappa shape index (κ1) is 42.3. The van der Waals surface area contributed by atoms with Crippen molar-refractivity contribution >= 4 is 52.6 Å². The number of hydrogen-bond donors (Lipinski definition) is 2. The lowest BCUT2D eigenvalue weighted by molar-refractivity contribution is -0.191. The highest BCUT2D eigenvalue weighted by atomic mass is 16.6. The highest BCUT2D eigenvalue weighted by molar-refractivity contribution is 6.03. The third kappa shape index (κ3) is 12.9. The quantitative estimate of drug-likeness (QED) is 0.0622. The molecule has 0 aliphatic carbocycles. The zero-order valence-electron chi connectivity index (χ0n) is 32.4. The first-order valence-electron chi connectivity index (χ1n) is 17.2. The summed E-state index contributed by atoms with van der Waals surface area (Å²) in [6.45, 7) is 16.7. The number of amides is 2. The molecule has 0 aliphatic rings. The Morgan fingerprint density at radius 3 is 1.80 bits per heavy atom. The number of aliphatic imine (C=N–C) groups is 1. The first-order valence-corrected chi connectivity index (χ1v) is 17.2. The van der Waals surface area contributed by atoms with Crippen LogP contribution < -0.4 is 15.4 Å². The van der Waals surface area contributed by atoms with Crippen molar-refractivity contribution in [3.05, 3.63) is 95.7 Å². The molecule has 3 aromatic carbocycles. The van der Waals surface area contributed by atoms with E-state index in [0.717, 1.165) is 16.5 Å². The van der Waals surface area contributed by atoms with Crippen LogP contribution in [0.5, 0.6) is 5.75 Å². The number of benzene rings is 3. The molecule has 0 radical (unpaired) electrons. The minimum atomic E-state index is -0.828. The number of carbonyl (C=O) groups is 4. The summed E-state index contributed by atoms with van der Waals surface area (Å²) in [7, 11) is 1.83. The van der Waals surface area contributed by atoms with E-state index >= 15 is 0 Å². The molecular formula is C41H48N4O9. The van der Waals surface area contributed by atoms with E-state index in [0.29, 0.717) is 23.6 Å². The highest BCUT2D eigenvalue weighted by Gasteiger charge is 2.30. The molecule has 0 spiro atoms. The fourth-order valence-corrected chi connectivity index (χ4v) is 5.40. The third-order valence-corrected chi connectivity index (χ3v) is 7.73.